The molecule has 2 fully saturated rings. The van der Waals surface area contributed by atoms with Gasteiger partial charge in [0.1, 0.15) is 17.8 Å². The molecule has 1 aromatic heterocycles. The SMILES string of the molecule is CC(=O)N1CC[C@H](NC(=O)c2cc3cc(C(C)(F)F)ccc3[nH]2)C(=O)N2[C@H](CC[C@H]2C(=O)N[C@@H](CCC(N)=O)C(=O)CC(c2ccccc2)c2ccccc2)C1. The normalized spacial score (nSPS) is 19.2. The third kappa shape index (κ3) is 9.12. The number of hydrogen-bond donors (Lipinski definition) is 4. The van der Waals surface area contributed by atoms with E-state index in [-0.39, 0.29) is 74.1 Å². The molecule has 6 rings (SSSR count). The van der Waals surface area contributed by atoms with Crippen molar-refractivity contribution in [3.05, 3.63) is 107 Å². The van der Waals surface area contributed by atoms with E-state index in [0.29, 0.717) is 17.3 Å². The van der Waals surface area contributed by atoms with Crippen molar-refractivity contribution >= 4 is 46.2 Å². The fraction of sp³-hybridized carbons (Fsp3) is 0.381. The van der Waals surface area contributed by atoms with Crippen molar-refractivity contribution in [2.45, 2.75) is 88.4 Å². The Morgan fingerprint density at radius 3 is 2.20 bits per heavy atom. The van der Waals surface area contributed by atoms with E-state index in [1.807, 2.05) is 60.7 Å². The molecule has 2 aliphatic heterocycles. The molecular weight excluding hydrogens is 722 g/mol. The summed E-state index contributed by atoms with van der Waals surface area (Å²) < 4.78 is 28.0. The maximum absolute atomic E-state index is 14.4. The standard InChI is InChI=1S/C42H46F2N6O6/c1-25(51)49-20-19-34(48-39(54)35-22-28-21-29(42(2,43)44)13-15-32(28)46-35)41(56)50-30(24-49)14-17-36(50)40(55)47-33(16-18-38(45)53)37(52)23-31(26-9-5-3-6-10-26)27-11-7-4-8-12-27/h3-13,15,21-22,30-31,33-34,36,46H,14,16-20,23-24H2,1-2H3,(H2,45,53)(H,47,55)(H,48,54)/t30-,33+,34+,36+/m1/s1. The number of fused-ring (bicyclic) bond motifs is 2. The number of H-pyrrole nitrogens is 1. The van der Waals surface area contributed by atoms with Gasteiger partial charge in [-0.2, -0.15) is 0 Å². The Hall–Kier alpha value is -5.92. The summed E-state index contributed by atoms with van der Waals surface area (Å²) >= 11 is 0. The molecule has 56 heavy (non-hydrogen) atoms. The number of amides is 5. The van der Waals surface area contributed by atoms with Crippen molar-refractivity contribution < 1.29 is 37.5 Å². The predicted octanol–water partition coefficient (Wildman–Crippen LogP) is 4.53. The summed E-state index contributed by atoms with van der Waals surface area (Å²) in [4.78, 5) is 86.7. The second kappa shape index (κ2) is 16.8. The van der Waals surface area contributed by atoms with E-state index in [0.717, 1.165) is 18.1 Å². The van der Waals surface area contributed by atoms with Crippen molar-refractivity contribution in [2.24, 2.45) is 5.73 Å². The highest BCUT2D eigenvalue weighted by Gasteiger charge is 2.46. The van der Waals surface area contributed by atoms with Crippen LogP contribution in [-0.4, -0.2) is 87.4 Å². The molecule has 0 bridgehead atoms. The van der Waals surface area contributed by atoms with E-state index in [9.17, 15) is 37.5 Å². The molecule has 0 radical (unpaired) electrons. The zero-order valence-corrected chi connectivity index (χ0v) is 31.3. The molecule has 4 aromatic rings. The first-order chi connectivity index (χ1) is 26.7. The van der Waals surface area contributed by atoms with Crippen LogP contribution in [0.3, 0.4) is 0 Å². The number of halogens is 2. The maximum Gasteiger partial charge on any atom is 0.270 e. The molecular formula is C42H46F2N6O6. The lowest BCUT2D eigenvalue weighted by atomic mass is 9.85. The zero-order chi connectivity index (χ0) is 40.1. The number of aromatic amines is 1. The average molecular weight is 769 g/mol. The van der Waals surface area contributed by atoms with Gasteiger partial charge >= 0.3 is 0 Å². The molecule has 3 aromatic carbocycles. The van der Waals surface area contributed by atoms with Crippen molar-refractivity contribution in [2.75, 3.05) is 13.1 Å². The number of carbonyl (C=O) groups excluding carboxylic acids is 6. The van der Waals surface area contributed by atoms with E-state index in [1.54, 1.807) is 4.90 Å². The first-order valence-corrected chi connectivity index (χ1v) is 18.8. The van der Waals surface area contributed by atoms with Crippen LogP contribution >= 0.6 is 0 Å². The monoisotopic (exact) mass is 768 g/mol. The van der Waals surface area contributed by atoms with Gasteiger partial charge in [-0.05, 0) is 55.0 Å². The number of primary amides is 1. The van der Waals surface area contributed by atoms with Gasteiger partial charge in [0, 0.05) is 62.2 Å². The first-order valence-electron chi connectivity index (χ1n) is 18.8. The van der Waals surface area contributed by atoms with Gasteiger partial charge in [0.05, 0.1) is 12.1 Å². The average Bonchev–Trinajstić information content (AvgIpc) is 3.80. The number of ketones is 1. The second-order valence-electron chi connectivity index (χ2n) is 14.8. The summed E-state index contributed by atoms with van der Waals surface area (Å²) in [6.45, 7) is 2.54. The van der Waals surface area contributed by atoms with Crippen LogP contribution in [0.15, 0.2) is 84.9 Å². The van der Waals surface area contributed by atoms with Gasteiger partial charge in [0.15, 0.2) is 5.78 Å². The Kier molecular flexibility index (Phi) is 12.0. The van der Waals surface area contributed by atoms with E-state index in [1.165, 1.54) is 36.1 Å². The Bertz CT molecular complexity index is 2060. The molecule has 4 atom stereocenters. The van der Waals surface area contributed by atoms with Gasteiger partial charge in [-0.15, -0.1) is 0 Å². The molecule has 0 aliphatic carbocycles. The van der Waals surface area contributed by atoms with Crippen molar-refractivity contribution in [1.82, 2.24) is 25.4 Å². The van der Waals surface area contributed by atoms with Crippen LogP contribution in [0.1, 0.15) is 85.5 Å². The highest BCUT2D eigenvalue weighted by Crippen LogP contribution is 2.32. The van der Waals surface area contributed by atoms with Crippen LogP contribution in [0.4, 0.5) is 8.78 Å². The fourth-order valence-corrected chi connectivity index (χ4v) is 7.78. The summed E-state index contributed by atoms with van der Waals surface area (Å²) in [5.74, 6) is -6.40. The van der Waals surface area contributed by atoms with E-state index >= 15 is 0 Å². The van der Waals surface area contributed by atoms with Crippen LogP contribution in [0.25, 0.3) is 10.9 Å². The highest BCUT2D eigenvalue weighted by molar-refractivity contribution is 6.01. The van der Waals surface area contributed by atoms with Gasteiger partial charge in [0.25, 0.3) is 11.8 Å². The topological polar surface area (TPSA) is 175 Å². The molecule has 0 unspecified atom stereocenters. The Morgan fingerprint density at radius 2 is 1.59 bits per heavy atom. The zero-order valence-electron chi connectivity index (χ0n) is 31.3. The van der Waals surface area contributed by atoms with Gasteiger partial charge in [-0.25, -0.2) is 8.78 Å². The molecule has 3 heterocycles. The molecule has 14 heteroatoms. The third-order valence-corrected chi connectivity index (χ3v) is 10.8. The summed E-state index contributed by atoms with van der Waals surface area (Å²) in [5, 5.41) is 5.98. The van der Waals surface area contributed by atoms with Crippen LogP contribution in [0, 0.1) is 0 Å². The lowest BCUT2D eigenvalue weighted by Gasteiger charge is -2.39. The molecule has 2 saturated heterocycles. The van der Waals surface area contributed by atoms with E-state index in [4.69, 9.17) is 5.73 Å². The lowest BCUT2D eigenvalue weighted by molar-refractivity contribution is -0.145. The Labute approximate surface area is 323 Å². The Balaban J connectivity index is 1.23. The number of Topliss-reactive ketones (excluding diaryl/α,β-unsaturated/α-hetero) is 1. The van der Waals surface area contributed by atoms with Crippen LogP contribution < -0.4 is 16.4 Å². The highest BCUT2D eigenvalue weighted by atomic mass is 19.3. The van der Waals surface area contributed by atoms with Gasteiger partial charge < -0.3 is 31.2 Å². The maximum atomic E-state index is 14.4. The van der Waals surface area contributed by atoms with Gasteiger partial charge in [-0.3, -0.25) is 28.8 Å². The number of hydrogen-bond acceptors (Lipinski definition) is 6. The molecule has 0 saturated carbocycles. The number of nitrogens with two attached hydrogens (primary N) is 1. The van der Waals surface area contributed by atoms with Gasteiger partial charge in [0.2, 0.25) is 23.6 Å². The lowest BCUT2D eigenvalue weighted by Crippen LogP contribution is -2.61. The van der Waals surface area contributed by atoms with Crippen LogP contribution in [0.5, 0.6) is 0 Å². The number of benzene rings is 3. The molecule has 5 N–H and O–H groups in total. The number of rotatable bonds is 13. The number of nitrogens with one attached hydrogen (secondary N) is 3. The van der Waals surface area contributed by atoms with Crippen molar-refractivity contribution in [1.29, 1.82) is 0 Å². The van der Waals surface area contributed by atoms with Gasteiger partial charge in [-0.1, -0.05) is 66.7 Å². The fourth-order valence-electron chi connectivity index (χ4n) is 7.78. The summed E-state index contributed by atoms with van der Waals surface area (Å²) in [6.07, 6.45) is 0.475. The smallest absolute Gasteiger partial charge is 0.270 e. The minimum Gasteiger partial charge on any atom is -0.370 e. The minimum absolute atomic E-state index is 0.0191. The van der Waals surface area contributed by atoms with Crippen LogP contribution in [-0.2, 0) is 29.9 Å². The molecule has 2 aliphatic rings. The molecule has 0 spiro atoms. The summed E-state index contributed by atoms with van der Waals surface area (Å²) in [7, 11) is 0. The largest absolute Gasteiger partial charge is 0.370 e. The summed E-state index contributed by atoms with van der Waals surface area (Å²) in [5.41, 5.74) is 7.56. The predicted molar refractivity (Wildman–Crippen MR) is 204 cm³/mol. The number of nitrogens with zero attached hydrogens (tertiary/aromatic N) is 2. The third-order valence-electron chi connectivity index (χ3n) is 10.8. The summed E-state index contributed by atoms with van der Waals surface area (Å²) in [6, 6.07) is 20.6. The van der Waals surface area contributed by atoms with E-state index in [2.05, 4.69) is 15.6 Å². The molecule has 5 amide bonds. The molecule has 12 nitrogen and oxygen atoms in total. The Morgan fingerprint density at radius 1 is 0.929 bits per heavy atom. The minimum atomic E-state index is -3.08. The first kappa shape index (κ1) is 39.8. The van der Waals surface area contributed by atoms with Crippen molar-refractivity contribution in [3.8, 4) is 0 Å². The quantitative estimate of drug-likeness (QED) is 0.156. The number of carbonyl (C=O) groups is 6. The molecule has 294 valence electrons. The van der Waals surface area contributed by atoms with Crippen molar-refractivity contribution in [3.63, 3.8) is 0 Å². The van der Waals surface area contributed by atoms with Crippen LogP contribution in [0.2, 0.25) is 0 Å². The second-order valence-corrected chi connectivity index (χ2v) is 14.8. The number of alkyl halides is 2. The van der Waals surface area contributed by atoms with E-state index < -0.39 is 53.7 Å². The number of aromatic nitrogens is 1.